The smallest absolute Gasteiger partial charge is 0.253 e. The molecule has 0 saturated carbocycles. The normalized spacial score (nSPS) is 11.5. The van der Waals surface area contributed by atoms with Crippen LogP contribution in [0.25, 0.3) is 0 Å². The molecular weight excluding hydrogens is 398 g/mol. The van der Waals surface area contributed by atoms with E-state index in [2.05, 4.69) is 9.88 Å². The summed E-state index contributed by atoms with van der Waals surface area (Å²) in [7, 11) is -1.96. The van der Waals surface area contributed by atoms with E-state index in [-0.39, 0.29) is 10.8 Å². The second-order valence-electron chi connectivity index (χ2n) is 6.34. The third-order valence-corrected chi connectivity index (χ3v) is 6.49. The van der Waals surface area contributed by atoms with Crippen LogP contribution in [0.1, 0.15) is 26.7 Å². The summed E-state index contributed by atoms with van der Waals surface area (Å²) in [5.41, 5.74) is 1.06. The summed E-state index contributed by atoms with van der Waals surface area (Å²) in [6, 6.07) is 11.6. The molecule has 9 heteroatoms. The molecule has 28 heavy (non-hydrogen) atoms. The van der Waals surface area contributed by atoms with Gasteiger partial charge in [-0.25, -0.2) is 13.1 Å². The van der Waals surface area contributed by atoms with Crippen LogP contribution in [0.3, 0.4) is 0 Å². The van der Waals surface area contributed by atoms with Gasteiger partial charge in [0.25, 0.3) is 5.91 Å². The molecule has 1 N–H and O–H groups in total. The lowest BCUT2D eigenvalue weighted by molar-refractivity contribution is 0.0782. The van der Waals surface area contributed by atoms with E-state index >= 15 is 0 Å². The molecule has 1 aromatic carbocycles. The largest absolute Gasteiger partial charge is 0.361 e. The minimum atomic E-state index is -3.61. The van der Waals surface area contributed by atoms with Crippen LogP contribution in [0.4, 0.5) is 0 Å². The van der Waals surface area contributed by atoms with Gasteiger partial charge in [0.15, 0.2) is 0 Å². The molecule has 3 aromatic rings. The number of aryl methyl sites for hydroxylation is 1. The topological polar surface area (TPSA) is 92.5 Å². The fraction of sp³-hybridized carbons (Fsp3) is 0.263. The van der Waals surface area contributed by atoms with Crippen molar-refractivity contribution >= 4 is 27.3 Å². The van der Waals surface area contributed by atoms with E-state index in [0.29, 0.717) is 36.5 Å². The average molecular weight is 420 g/mol. The summed E-state index contributed by atoms with van der Waals surface area (Å²) in [4.78, 5) is 15.3. The van der Waals surface area contributed by atoms with Gasteiger partial charge in [0, 0.05) is 30.1 Å². The lowest BCUT2D eigenvalue weighted by atomic mass is 10.2. The van der Waals surface area contributed by atoms with E-state index in [9.17, 15) is 13.2 Å². The molecule has 2 heterocycles. The van der Waals surface area contributed by atoms with Crippen LogP contribution in [0.5, 0.6) is 0 Å². The number of nitrogens with zero attached hydrogens (tertiary/aromatic N) is 2. The first-order chi connectivity index (χ1) is 13.3. The minimum Gasteiger partial charge on any atom is -0.361 e. The Bertz CT molecular complexity index is 1030. The van der Waals surface area contributed by atoms with Gasteiger partial charge in [-0.2, -0.15) is 0 Å². The predicted octanol–water partition coefficient (Wildman–Crippen LogP) is 2.84. The Morgan fingerprint density at radius 3 is 2.61 bits per heavy atom. The highest BCUT2D eigenvalue weighted by Crippen LogP contribution is 2.14. The van der Waals surface area contributed by atoms with Crippen LogP contribution in [-0.4, -0.2) is 38.0 Å². The molecule has 0 aliphatic heterocycles. The monoisotopic (exact) mass is 419 g/mol. The Labute approximate surface area is 168 Å². The van der Waals surface area contributed by atoms with Gasteiger partial charge in [-0.15, -0.1) is 11.3 Å². The quantitative estimate of drug-likeness (QED) is 0.606. The van der Waals surface area contributed by atoms with Crippen molar-refractivity contribution in [1.29, 1.82) is 0 Å². The molecule has 7 nitrogen and oxygen atoms in total. The Balaban J connectivity index is 1.60. The number of hydrogen-bond acceptors (Lipinski definition) is 6. The highest BCUT2D eigenvalue weighted by molar-refractivity contribution is 7.89. The maximum Gasteiger partial charge on any atom is 0.253 e. The van der Waals surface area contributed by atoms with Crippen LogP contribution in [-0.2, 0) is 23.0 Å². The van der Waals surface area contributed by atoms with Gasteiger partial charge in [-0.3, -0.25) is 4.79 Å². The van der Waals surface area contributed by atoms with Crippen molar-refractivity contribution in [1.82, 2.24) is 14.8 Å². The highest BCUT2D eigenvalue weighted by Gasteiger charge is 2.17. The molecule has 0 aliphatic carbocycles. The van der Waals surface area contributed by atoms with Crippen LogP contribution < -0.4 is 4.72 Å². The molecule has 0 aliphatic rings. The number of nitrogens with one attached hydrogen (secondary N) is 1. The van der Waals surface area contributed by atoms with Crippen LogP contribution in [0.15, 0.2) is 57.3 Å². The zero-order chi connectivity index (χ0) is 20.1. The predicted molar refractivity (Wildman–Crippen MR) is 107 cm³/mol. The lowest BCUT2D eigenvalue weighted by Gasteiger charge is -2.15. The number of amides is 1. The van der Waals surface area contributed by atoms with E-state index < -0.39 is 10.0 Å². The van der Waals surface area contributed by atoms with E-state index in [1.54, 1.807) is 31.4 Å². The number of benzene rings is 1. The summed E-state index contributed by atoms with van der Waals surface area (Å²) in [5, 5.41) is 5.83. The Hall–Kier alpha value is -2.49. The first-order valence-electron chi connectivity index (χ1n) is 8.65. The molecule has 0 saturated heterocycles. The van der Waals surface area contributed by atoms with Gasteiger partial charge in [-0.05, 0) is 49.1 Å². The molecule has 2 aromatic heterocycles. The molecule has 3 rings (SSSR count). The second kappa shape index (κ2) is 8.68. The van der Waals surface area contributed by atoms with E-state index in [1.165, 1.54) is 29.2 Å². The molecular formula is C19H21N3O4S2. The second-order valence-corrected chi connectivity index (χ2v) is 9.14. The third-order valence-electron chi connectivity index (χ3n) is 4.08. The van der Waals surface area contributed by atoms with Crippen molar-refractivity contribution in [2.24, 2.45) is 0 Å². The standard InChI is InChI=1S/C19H21N3O4S2/c1-14-12-16(21-26-14)13-22(2)19(23)15-5-7-18(8-6-15)28(24,25)20-10-9-17-4-3-11-27-17/h3-8,11-12,20H,9-10,13H2,1-2H3. The van der Waals surface area contributed by atoms with E-state index in [0.717, 1.165) is 4.88 Å². The summed E-state index contributed by atoms with van der Waals surface area (Å²) in [6.45, 7) is 2.41. The Kier molecular flexibility index (Phi) is 6.28. The zero-order valence-electron chi connectivity index (χ0n) is 15.6. The molecule has 0 radical (unpaired) electrons. The van der Waals surface area contributed by atoms with Crippen LogP contribution in [0.2, 0.25) is 0 Å². The molecule has 0 atom stereocenters. The number of thiophene rings is 1. The summed E-state index contributed by atoms with van der Waals surface area (Å²) < 4.78 is 32.4. The zero-order valence-corrected chi connectivity index (χ0v) is 17.2. The van der Waals surface area contributed by atoms with Crippen molar-refractivity contribution in [2.45, 2.75) is 24.8 Å². The number of hydrogen-bond donors (Lipinski definition) is 1. The lowest BCUT2D eigenvalue weighted by Crippen LogP contribution is -2.27. The van der Waals surface area contributed by atoms with E-state index in [4.69, 9.17) is 4.52 Å². The van der Waals surface area contributed by atoms with Crippen molar-refractivity contribution < 1.29 is 17.7 Å². The van der Waals surface area contributed by atoms with Gasteiger partial charge < -0.3 is 9.42 Å². The summed E-state index contributed by atoms with van der Waals surface area (Å²) in [5.74, 6) is 0.451. The van der Waals surface area contributed by atoms with Gasteiger partial charge in [0.05, 0.1) is 11.4 Å². The maximum atomic E-state index is 12.5. The summed E-state index contributed by atoms with van der Waals surface area (Å²) >= 11 is 1.59. The minimum absolute atomic E-state index is 0.130. The maximum absolute atomic E-state index is 12.5. The van der Waals surface area contributed by atoms with Crippen LogP contribution in [0, 0.1) is 6.92 Å². The Morgan fingerprint density at radius 2 is 2.00 bits per heavy atom. The molecule has 148 valence electrons. The van der Waals surface area contributed by atoms with Crippen molar-refractivity contribution in [3.63, 3.8) is 0 Å². The molecule has 0 unspecified atom stereocenters. The highest BCUT2D eigenvalue weighted by atomic mass is 32.2. The number of carbonyl (C=O) groups is 1. The summed E-state index contributed by atoms with van der Waals surface area (Å²) in [6.07, 6.45) is 0.639. The van der Waals surface area contributed by atoms with Crippen molar-refractivity contribution in [3.05, 3.63) is 69.7 Å². The fourth-order valence-electron chi connectivity index (χ4n) is 2.65. The first kappa shape index (κ1) is 20.2. The number of rotatable bonds is 8. The van der Waals surface area contributed by atoms with Gasteiger partial charge >= 0.3 is 0 Å². The molecule has 0 bridgehead atoms. The molecule has 1 amide bonds. The third kappa shape index (κ3) is 5.06. The van der Waals surface area contributed by atoms with Gasteiger partial charge in [0.1, 0.15) is 11.5 Å². The van der Waals surface area contributed by atoms with Gasteiger partial charge in [0.2, 0.25) is 10.0 Å². The SMILES string of the molecule is Cc1cc(CN(C)C(=O)c2ccc(S(=O)(=O)NCCc3cccs3)cc2)no1. The van der Waals surface area contributed by atoms with Crippen LogP contribution >= 0.6 is 11.3 Å². The number of aromatic nitrogens is 1. The molecule has 0 fully saturated rings. The number of sulfonamides is 1. The molecule has 0 spiro atoms. The first-order valence-corrected chi connectivity index (χ1v) is 11.0. The Morgan fingerprint density at radius 1 is 1.25 bits per heavy atom. The van der Waals surface area contributed by atoms with Crippen molar-refractivity contribution in [3.8, 4) is 0 Å². The number of carbonyl (C=O) groups excluding carboxylic acids is 1. The van der Waals surface area contributed by atoms with E-state index in [1.807, 2.05) is 17.5 Å². The van der Waals surface area contributed by atoms with Gasteiger partial charge in [-0.1, -0.05) is 11.2 Å². The average Bonchev–Trinajstić information content (AvgIpc) is 3.33. The fourth-order valence-corrected chi connectivity index (χ4v) is 4.39. The van der Waals surface area contributed by atoms with Crippen molar-refractivity contribution in [2.75, 3.05) is 13.6 Å².